The zero-order valence-corrected chi connectivity index (χ0v) is 14.2. The summed E-state index contributed by atoms with van der Waals surface area (Å²) in [7, 11) is 1.36. The maximum atomic E-state index is 15.3. The lowest BCUT2D eigenvalue weighted by Gasteiger charge is -2.30. The SMILES string of the molecule is COC(=O)c1ccccc1Cn1cc([C@]23CCC[C@@]2(F)CNC3)nn1. The van der Waals surface area contributed by atoms with E-state index >= 15 is 4.39 Å². The van der Waals surface area contributed by atoms with Gasteiger partial charge in [0, 0.05) is 19.3 Å². The molecule has 2 aliphatic rings. The van der Waals surface area contributed by atoms with Gasteiger partial charge >= 0.3 is 5.97 Å². The summed E-state index contributed by atoms with van der Waals surface area (Å²) >= 11 is 0. The second-order valence-electron chi connectivity index (χ2n) is 6.95. The number of methoxy groups -OCH3 is 1. The van der Waals surface area contributed by atoms with Gasteiger partial charge in [0.05, 0.1) is 30.3 Å². The Kier molecular flexibility index (Phi) is 3.83. The Hall–Kier alpha value is -2.28. The van der Waals surface area contributed by atoms with E-state index in [2.05, 4.69) is 15.6 Å². The Bertz CT molecular complexity index is 794. The fourth-order valence-corrected chi connectivity index (χ4v) is 4.30. The minimum absolute atomic E-state index is 0.380. The molecule has 0 spiro atoms. The van der Waals surface area contributed by atoms with Crippen molar-refractivity contribution in [3.8, 4) is 0 Å². The highest BCUT2D eigenvalue weighted by Gasteiger charge is 2.61. The second-order valence-corrected chi connectivity index (χ2v) is 6.95. The Morgan fingerprint density at radius 1 is 1.36 bits per heavy atom. The largest absolute Gasteiger partial charge is 0.465 e. The maximum absolute atomic E-state index is 15.3. The van der Waals surface area contributed by atoms with Gasteiger partial charge in [0.2, 0.25) is 0 Å². The van der Waals surface area contributed by atoms with Gasteiger partial charge < -0.3 is 10.1 Å². The topological polar surface area (TPSA) is 69.0 Å². The molecule has 2 atom stereocenters. The number of ether oxygens (including phenoxy) is 1. The summed E-state index contributed by atoms with van der Waals surface area (Å²) in [5.41, 5.74) is 0.188. The quantitative estimate of drug-likeness (QED) is 0.857. The number of halogens is 1. The van der Waals surface area contributed by atoms with Gasteiger partial charge in [-0.25, -0.2) is 13.9 Å². The van der Waals surface area contributed by atoms with Crippen LogP contribution in [-0.4, -0.2) is 46.8 Å². The van der Waals surface area contributed by atoms with Crippen LogP contribution in [0.3, 0.4) is 0 Å². The van der Waals surface area contributed by atoms with Gasteiger partial charge in [-0.15, -0.1) is 5.10 Å². The molecule has 25 heavy (non-hydrogen) atoms. The molecule has 0 unspecified atom stereocenters. The Morgan fingerprint density at radius 2 is 2.20 bits per heavy atom. The zero-order valence-electron chi connectivity index (χ0n) is 14.2. The molecule has 6 nitrogen and oxygen atoms in total. The highest BCUT2D eigenvalue weighted by atomic mass is 19.1. The molecule has 2 aromatic rings. The van der Waals surface area contributed by atoms with Crippen LogP contribution in [0.2, 0.25) is 0 Å². The average Bonchev–Trinajstić information content (AvgIpc) is 3.27. The number of nitrogens with zero attached hydrogens (tertiary/aromatic N) is 3. The first-order valence-electron chi connectivity index (χ1n) is 8.54. The third-order valence-electron chi connectivity index (χ3n) is 5.65. The van der Waals surface area contributed by atoms with E-state index in [-0.39, 0.29) is 5.97 Å². The van der Waals surface area contributed by atoms with Crippen molar-refractivity contribution in [3.05, 3.63) is 47.3 Å². The zero-order chi connectivity index (χ0) is 17.5. The van der Waals surface area contributed by atoms with Gasteiger partial charge in [0.1, 0.15) is 5.67 Å². The number of benzene rings is 1. The summed E-state index contributed by atoms with van der Waals surface area (Å²) in [6, 6.07) is 7.24. The summed E-state index contributed by atoms with van der Waals surface area (Å²) in [5, 5.41) is 11.7. The number of hydrogen-bond acceptors (Lipinski definition) is 5. The Labute approximate surface area is 145 Å². The molecule has 2 fully saturated rings. The van der Waals surface area contributed by atoms with E-state index in [9.17, 15) is 4.79 Å². The highest BCUT2D eigenvalue weighted by Crippen LogP contribution is 2.52. The number of hydrogen-bond donors (Lipinski definition) is 1. The van der Waals surface area contributed by atoms with Crippen molar-refractivity contribution in [1.82, 2.24) is 20.3 Å². The normalized spacial score (nSPS) is 28.1. The van der Waals surface area contributed by atoms with Crippen LogP contribution in [0.5, 0.6) is 0 Å². The van der Waals surface area contributed by atoms with Crippen LogP contribution in [0.1, 0.15) is 40.9 Å². The van der Waals surface area contributed by atoms with E-state index in [1.54, 1.807) is 16.8 Å². The number of carbonyl (C=O) groups excluding carboxylic acids is 1. The van der Waals surface area contributed by atoms with Gasteiger partial charge in [0.15, 0.2) is 0 Å². The molecule has 4 rings (SSSR count). The van der Waals surface area contributed by atoms with E-state index in [1.165, 1.54) is 7.11 Å². The molecule has 0 radical (unpaired) electrons. The molecule has 1 aliphatic carbocycles. The van der Waals surface area contributed by atoms with Crippen LogP contribution in [0, 0.1) is 0 Å². The standard InChI is InChI=1S/C18H21FN4O2/c1-25-16(24)14-6-3-2-5-13(14)9-23-10-15(21-22-23)17-7-4-8-18(17,19)12-20-11-17/h2-3,5-6,10,20H,4,7-9,11-12H2,1H3/t17-,18-/m1/s1. The predicted molar refractivity (Wildman–Crippen MR) is 89.1 cm³/mol. The molecule has 0 bridgehead atoms. The molecule has 1 aromatic heterocycles. The highest BCUT2D eigenvalue weighted by molar-refractivity contribution is 5.90. The lowest BCUT2D eigenvalue weighted by Crippen LogP contribution is -2.43. The molecule has 132 valence electrons. The van der Waals surface area contributed by atoms with Crippen molar-refractivity contribution >= 4 is 5.97 Å². The fourth-order valence-electron chi connectivity index (χ4n) is 4.30. The van der Waals surface area contributed by atoms with Crippen molar-refractivity contribution in [2.24, 2.45) is 0 Å². The number of aromatic nitrogens is 3. The summed E-state index contributed by atoms with van der Waals surface area (Å²) in [4.78, 5) is 11.9. The average molecular weight is 344 g/mol. The molecule has 0 amide bonds. The molecule has 1 N–H and O–H groups in total. The van der Waals surface area contributed by atoms with Crippen LogP contribution in [0.25, 0.3) is 0 Å². The van der Waals surface area contributed by atoms with E-state index in [4.69, 9.17) is 4.74 Å². The number of carbonyl (C=O) groups is 1. The molecule has 1 saturated heterocycles. The number of fused-ring (bicyclic) bond motifs is 1. The van der Waals surface area contributed by atoms with Crippen molar-refractivity contribution in [2.45, 2.75) is 36.9 Å². The molecule has 1 saturated carbocycles. The Balaban J connectivity index is 1.62. The molecule has 1 aliphatic heterocycles. The predicted octanol–water partition coefficient (Wildman–Crippen LogP) is 1.85. The number of esters is 1. The smallest absolute Gasteiger partial charge is 0.338 e. The maximum Gasteiger partial charge on any atom is 0.338 e. The first-order chi connectivity index (χ1) is 12.1. The van der Waals surface area contributed by atoms with Gasteiger partial charge in [-0.1, -0.05) is 23.4 Å². The third-order valence-corrected chi connectivity index (χ3v) is 5.65. The van der Waals surface area contributed by atoms with Crippen molar-refractivity contribution in [1.29, 1.82) is 0 Å². The summed E-state index contributed by atoms with van der Waals surface area (Å²) < 4.78 is 21.8. The monoisotopic (exact) mass is 344 g/mol. The third kappa shape index (κ3) is 2.45. The van der Waals surface area contributed by atoms with Crippen molar-refractivity contribution < 1.29 is 13.9 Å². The minimum atomic E-state index is -1.24. The molecular formula is C18H21FN4O2. The summed E-state index contributed by atoms with van der Waals surface area (Å²) in [6.07, 6.45) is 4.04. The van der Waals surface area contributed by atoms with Crippen LogP contribution in [0.4, 0.5) is 4.39 Å². The first-order valence-corrected chi connectivity index (χ1v) is 8.54. The van der Waals surface area contributed by atoms with Crippen LogP contribution >= 0.6 is 0 Å². The molecule has 7 heteroatoms. The summed E-state index contributed by atoms with van der Waals surface area (Å²) in [5.74, 6) is -0.381. The van der Waals surface area contributed by atoms with E-state index < -0.39 is 11.1 Å². The first kappa shape index (κ1) is 16.2. The summed E-state index contributed by atoms with van der Waals surface area (Å²) in [6.45, 7) is 1.37. The van der Waals surface area contributed by atoms with Crippen LogP contribution in [-0.2, 0) is 16.7 Å². The lowest BCUT2D eigenvalue weighted by molar-refractivity contribution is 0.0599. The molecule has 2 heterocycles. The lowest BCUT2D eigenvalue weighted by atomic mass is 9.76. The molecule has 1 aromatic carbocycles. The second kappa shape index (κ2) is 5.91. The Morgan fingerprint density at radius 3 is 3.04 bits per heavy atom. The minimum Gasteiger partial charge on any atom is -0.465 e. The van der Waals surface area contributed by atoms with E-state index in [1.807, 2.05) is 18.3 Å². The number of alkyl halides is 1. The van der Waals surface area contributed by atoms with Gasteiger partial charge in [0.25, 0.3) is 0 Å². The van der Waals surface area contributed by atoms with Gasteiger partial charge in [-0.2, -0.15) is 0 Å². The number of nitrogens with one attached hydrogen (secondary N) is 1. The van der Waals surface area contributed by atoms with Crippen molar-refractivity contribution in [3.63, 3.8) is 0 Å². The van der Waals surface area contributed by atoms with E-state index in [0.717, 1.165) is 18.4 Å². The van der Waals surface area contributed by atoms with Gasteiger partial charge in [-0.3, -0.25) is 0 Å². The fraction of sp³-hybridized carbons (Fsp3) is 0.500. The molecular weight excluding hydrogens is 323 g/mol. The van der Waals surface area contributed by atoms with Crippen LogP contribution < -0.4 is 5.32 Å². The number of rotatable bonds is 4. The van der Waals surface area contributed by atoms with Crippen molar-refractivity contribution in [2.75, 3.05) is 20.2 Å². The van der Waals surface area contributed by atoms with Gasteiger partial charge in [-0.05, 0) is 30.9 Å². The van der Waals surface area contributed by atoms with E-state index in [0.29, 0.717) is 37.3 Å². The van der Waals surface area contributed by atoms with Crippen LogP contribution in [0.15, 0.2) is 30.5 Å².